The first-order chi connectivity index (χ1) is 18.9. The van der Waals surface area contributed by atoms with E-state index in [-0.39, 0.29) is 27.8 Å². The third kappa shape index (κ3) is 5.47. The summed E-state index contributed by atoms with van der Waals surface area (Å²) in [5.41, 5.74) is 1.36. The van der Waals surface area contributed by atoms with Crippen LogP contribution in [0.15, 0.2) is 58.4 Å². The van der Waals surface area contributed by atoms with E-state index < -0.39 is 27.3 Å². The lowest BCUT2D eigenvalue weighted by atomic mass is 10.0. The summed E-state index contributed by atoms with van der Waals surface area (Å²) >= 11 is 6.41. The number of amides is 2. The van der Waals surface area contributed by atoms with E-state index in [1.54, 1.807) is 38.4 Å². The Morgan fingerprint density at radius 2 is 1.88 bits per heavy atom. The number of hydrogen-bond donors (Lipinski definition) is 3. The van der Waals surface area contributed by atoms with Crippen LogP contribution in [0, 0.1) is 6.92 Å². The maximum absolute atomic E-state index is 13.1. The predicted molar refractivity (Wildman–Crippen MR) is 154 cm³/mol. The summed E-state index contributed by atoms with van der Waals surface area (Å²) in [7, 11) is -0.593. The number of H-pyrrole nitrogens is 1. The molecule has 2 heterocycles. The molecule has 1 atom stereocenters. The normalized spacial score (nSPS) is 12.2. The number of sulfone groups is 1. The fraction of sp³-hybridized carbons (Fsp3) is 0.250. The Morgan fingerprint density at radius 1 is 1.15 bits per heavy atom. The first kappa shape index (κ1) is 28.9. The van der Waals surface area contributed by atoms with Crippen molar-refractivity contribution in [1.29, 1.82) is 0 Å². The summed E-state index contributed by atoms with van der Waals surface area (Å²) in [6, 6.07) is 10.5. The van der Waals surface area contributed by atoms with Gasteiger partial charge in [0.2, 0.25) is 5.91 Å². The van der Waals surface area contributed by atoms with E-state index in [0.717, 1.165) is 5.56 Å². The molecule has 2 aromatic carbocycles. The highest BCUT2D eigenvalue weighted by Gasteiger charge is 2.23. The van der Waals surface area contributed by atoms with E-state index in [1.807, 2.05) is 13.0 Å². The zero-order valence-corrected chi connectivity index (χ0v) is 24.2. The number of carbonyl (C=O) groups is 2. The lowest BCUT2D eigenvalue weighted by Crippen LogP contribution is -2.43. The van der Waals surface area contributed by atoms with Crippen molar-refractivity contribution in [1.82, 2.24) is 20.2 Å². The van der Waals surface area contributed by atoms with E-state index in [9.17, 15) is 22.8 Å². The van der Waals surface area contributed by atoms with E-state index in [0.29, 0.717) is 33.0 Å². The third-order valence-electron chi connectivity index (χ3n) is 6.55. The van der Waals surface area contributed by atoms with Crippen LogP contribution in [0.5, 0.6) is 11.5 Å². The van der Waals surface area contributed by atoms with Crippen LogP contribution in [-0.4, -0.2) is 48.6 Å². The van der Waals surface area contributed by atoms with Gasteiger partial charge in [-0.2, -0.15) is 0 Å². The number of aryl methyl sites for hydroxylation is 2. The fourth-order valence-corrected chi connectivity index (χ4v) is 5.42. The first-order valence-electron chi connectivity index (χ1n) is 12.4. The molecule has 0 spiro atoms. The second-order valence-corrected chi connectivity index (χ2v) is 12.0. The molecule has 0 bridgehead atoms. The third-order valence-corrected chi connectivity index (χ3v) is 8.58. The van der Waals surface area contributed by atoms with Gasteiger partial charge in [-0.1, -0.05) is 30.7 Å². The van der Waals surface area contributed by atoms with Crippen molar-refractivity contribution in [2.45, 2.75) is 31.7 Å². The van der Waals surface area contributed by atoms with Crippen molar-refractivity contribution in [3.05, 3.63) is 75.3 Å². The SMILES string of the molecule is CCS(=O)(=O)c1ccc(Oc2c(C)cccc2Cl)c(-c2cn(C)c(=O)c3[nH]c(C(=O)NC(C)C(=O)NC)cc23)c1. The van der Waals surface area contributed by atoms with Gasteiger partial charge < -0.3 is 24.9 Å². The van der Waals surface area contributed by atoms with E-state index >= 15 is 0 Å². The molecule has 0 fully saturated rings. The molecule has 40 heavy (non-hydrogen) atoms. The Hall–Kier alpha value is -4.09. The van der Waals surface area contributed by atoms with Crippen molar-refractivity contribution in [3.8, 4) is 22.6 Å². The van der Waals surface area contributed by atoms with Gasteiger partial charge in [0, 0.05) is 36.8 Å². The van der Waals surface area contributed by atoms with E-state index in [2.05, 4.69) is 15.6 Å². The van der Waals surface area contributed by atoms with Gasteiger partial charge in [-0.05, 0) is 49.7 Å². The number of likely N-dealkylation sites (N-methyl/N-ethyl adjacent to an activating group) is 1. The molecule has 210 valence electrons. The number of para-hydroxylation sites is 1. The standard InChI is InChI=1S/C28H29ClN4O6S/c1-6-40(37,38)17-10-11-23(39-25-15(2)8-7-9-21(25)29)18(12-17)20-14-33(5)28(36)24-19(20)13-22(32-24)27(35)31-16(3)26(34)30-4/h7-14,16,32H,6H2,1-5H3,(H,30,34)(H,31,35). The summed E-state index contributed by atoms with van der Waals surface area (Å²) in [5.74, 6) is -0.393. The van der Waals surface area contributed by atoms with Crippen LogP contribution in [0.25, 0.3) is 22.0 Å². The maximum Gasteiger partial charge on any atom is 0.274 e. The molecule has 10 nitrogen and oxygen atoms in total. The van der Waals surface area contributed by atoms with Gasteiger partial charge in [-0.15, -0.1) is 0 Å². The predicted octanol–water partition coefficient (Wildman–Crippen LogP) is 3.95. The quantitative estimate of drug-likeness (QED) is 0.287. The van der Waals surface area contributed by atoms with Crippen LogP contribution < -0.4 is 20.9 Å². The molecule has 12 heteroatoms. The van der Waals surface area contributed by atoms with E-state index in [1.165, 1.54) is 36.7 Å². The van der Waals surface area contributed by atoms with Crippen LogP contribution in [0.2, 0.25) is 5.02 Å². The Balaban J connectivity index is 1.95. The van der Waals surface area contributed by atoms with Crippen LogP contribution in [0.3, 0.4) is 0 Å². The minimum absolute atomic E-state index is 0.0528. The summed E-state index contributed by atoms with van der Waals surface area (Å²) in [6.45, 7) is 4.91. The molecule has 2 amide bonds. The van der Waals surface area contributed by atoms with Crippen molar-refractivity contribution >= 4 is 44.2 Å². The molecular formula is C28H29ClN4O6S. The summed E-state index contributed by atoms with van der Waals surface area (Å²) in [6.07, 6.45) is 1.55. The van der Waals surface area contributed by atoms with Gasteiger partial charge in [0.05, 0.1) is 15.7 Å². The van der Waals surface area contributed by atoms with Crippen molar-refractivity contribution in [2.24, 2.45) is 7.05 Å². The fourth-order valence-electron chi connectivity index (χ4n) is 4.25. The van der Waals surface area contributed by atoms with Crippen LogP contribution in [-0.2, 0) is 21.7 Å². The largest absolute Gasteiger partial charge is 0.455 e. The van der Waals surface area contributed by atoms with Crippen LogP contribution in [0.1, 0.15) is 29.9 Å². The molecule has 2 aromatic heterocycles. The van der Waals surface area contributed by atoms with Gasteiger partial charge in [-0.3, -0.25) is 14.4 Å². The Kier molecular flexibility index (Phi) is 8.08. The number of rotatable bonds is 8. The zero-order valence-electron chi connectivity index (χ0n) is 22.6. The number of aromatic nitrogens is 2. The lowest BCUT2D eigenvalue weighted by molar-refractivity contribution is -0.122. The minimum Gasteiger partial charge on any atom is -0.455 e. The van der Waals surface area contributed by atoms with Crippen LogP contribution >= 0.6 is 11.6 Å². The highest BCUT2D eigenvalue weighted by atomic mass is 35.5. The number of benzene rings is 2. The molecule has 0 aliphatic heterocycles. The molecule has 4 aromatic rings. The molecule has 0 aliphatic rings. The monoisotopic (exact) mass is 584 g/mol. The smallest absolute Gasteiger partial charge is 0.274 e. The average Bonchev–Trinajstić information content (AvgIpc) is 3.38. The molecule has 0 saturated carbocycles. The Bertz CT molecular complexity index is 1790. The number of halogens is 1. The van der Waals surface area contributed by atoms with Gasteiger partial charge in [0.15, 0.2) is 9.84 Å². The van der Waals surface area contributed by atoms with Crippen LogP contribution in [0.4, 0.5) is 0 Å². The van der Waals surface area contributed by atoms with Gasteiger partial charge in [0.1, 0.15) is 28.8 Å². The minimum atomic E-state index is -3.60. The first-order valence-corrected chi connectivity index (χ1v) is 14.5. The summed E-state index contributed by atoms with van der Waals surface area (Å²) in [5, 5.41) is 5.78. The number of nitrogens with one attached hydrogen (secondary N) is 3. The topological polar surface area (TPSA) is 139 Å². The molecule has 1 unspecified atom stereocenters. The zero-order chi connectivity index (χ0) is 29.4. The maximum atomic E-state index is 13.1. The highest BCUT2D eigenvalue weighted by molar-refractivity contribution is 7.91. The molecule has 0 saturated heterocycles. The molecule has 4 rings (SSSR count). The lowest BCUT2D eigenvalue weighted by Gasteiger charge is -2.17. The van der Waals surface area contributed by atoms with E-state index in [4.69, 9.17) is 16.3 Å². The van der Waals surface area contributed by atoms with Crippen molar-refractivity contribution in [3.63, 3.8) is 0 Å². The summed E-state index contributed by atoms with van der Waals surface area (Å²) in [4.78, 5) is 40.8. The average molecular weight is 585 g/mol. The molecule has 0 aliphatic carbocycles. The number of pyridine rings is 1. The Labute approximate surface area is 236 Å². The number of carbonyl (C=O) groups excluding carboxylic acids is 2. The molecule has 3 N–H and O–H groups in total. The molecule has 0 radical (unpaired) electrons. The second-order valence-electron chi connectivity index (χ2n) is 9.29. The van der Waals surface area contributed by atoms with Gasteiger partial charge >= 0.3 is 0 Å². The Morgan fingerprint density at radius 3 is 2.52 bits per heavy atom. The number of hydrogen-bond acceptors (Lipinski definition) is 6. The van der Waals surface area contributed by atoms with Crippen molar-refractivity contribution < 1.29 is 22.7 Å². The molecular weight excluding hydrogens is 556 g/mol. The highest BCUT2D eigenvalue weighted by Crippen LogP contribution is 2.41. The second kappa shape index (κ2) is 11.2. The number of ether oxygens (including phenoxy) is 1. The number of fused-ring (bicyclic) bond motifs is 1. The van der Waals surface area contributed by atoms with Gasteiger partial charge in [-0.25, -0.2) is 8.42 Å². The number of nitrogens with zero attached hydrogens (tertiary/aromatic N) is 1. The number of aromatic amines is 1. The van der Waals surface area contributed by atoms with Crippen molar-refractivity contribution in [2.75, 3.05) is 12.8 Å². The summed E-state index contributed by atoms with van der Waals surface area (Å²) < 4.78 is 33.2. The van der Waals surface area contributed by atoms with Gasteiger partial charge in [0.25, 0.3) is 11.5 Å².